The monoisotopic (exact) mass is 650 g/mol. The minimum absolute atomic E-state index is 0.0187. The number of nitrogens with zero attached hydrogens (tertiary/aromatic N) is 2. The fourth-order valence-electron chi connectivity index (χ4n) is 4.60. The first-order chi connectivity index (χ1) is 21.8. The molecule has 0 saturated heterocycles. The van der Waals surface area contributed by atoms with E-state index >= 15 is 0 Å². The smallest absolute Gasteiger partial charge is 0.323 e. The van der Waals surface area contributed by atoms with Gasteiger partial charge in [0.25, 0.3) is 5.91 Å². The lowest BCUT2D eigenvalue weighted by molar-refractivity contribution is -0.140. The normalized spacial score (nSPS) is 11.7. The largest absolute Gasteiger partial charge is 0.488 e. The summed E-state index contributed by atoms with van der Waals surface area (Å²) in [5, 5.41) is 32.5. The Morgan fingerprint density at radius 3 is 2.42 bits per heavy atom. The van der Waals surface area contributed by atoms with Crippen LogP contribution < -0.4 is 20.1 Å². The number of rotatable bonds is 13. The van der Waals surface area contributed by atoms with Crippen molar-refractivity contribution in [1.29, 1.82) is 0 Å². The molecular formula is C32H28Cl2N4O7. The molecule has 4 N–H and O–H groups in total. The Hall–Kier alpha value is -4.68. The summed E-state index contributed by atoms with van der Waals surface area (Å²) in [5.74, 6) is -0.949. The average Bonchev–Trinajstić information content (AvgIpc) is 3.52. The minimum atomic E-state index is -1.21. The van der Waals surface area contributed by atoms with Gasteiger partial charge in [0.1, 0.15) is 41.8 Å². The van der Waals surface area contributed by atoms with Gasteiger partial charge in [-0.2, -0.15) is 0 Å². The Bertz CT molecular complexity index is 1830. The number of hydrogen-bond acceptors (Lipinski definition) is 9. The van der Waals surface area contributed by atoms with Gasteiger partial charge < -0.3 is 25.0 Å². The second-order valence-electron chi connectivity index (χ2n) is 9.91. The van der Waals surface area contributed by atoms with Gasteiger partial charge >= 0.3 is 5.97 Å². The van der Waals surface area contributed by atoms with Crippen molar-refractivity contribution in [3.05, 3.63) is 105 Å². The molecular weight excluding hydrogens is 623 g/mol. The molecule has 1 aromatic heterocycles. The van der Waals surface area contributed by atoms with Crippen molar-refractivity contribution in [3.8, 4) is 22.6 Å². The van der Waals surface area contributed by atoms with Crippen molar-refractivity contribution >= 4 is 46.1 Å². The maximum absolute atomic E-state index is 12.7. The van der Waals surface area contributed by atoms with E-state index in [0.29, 0.717) is 38.5 Å². The summed E-state index contributed by atoms with van der Waals surface area (Å²) < 4.78 is 17.1. The number of aromatic nitrogens is 2. The molecule has 5 rings (SSSR count). The second-order valence-corrected chi connectivity index (χ2v) is 10.7. The number of aliphatic hydroxyl groups is 1. The van der Waals surface area contributed by atoms with Crippen LogP contribution in [-0.4, -0.2) is 52.1 Å². The third-order valence-electron chi connectivity index (χ3n) is 7.02. The van der Waals surface area contributed by atoms with Crippen LogP contribution in [0.2, 0.25) is 10.0 Å². The summed E-state index contributed by atoms with van der Waals surface area (Å²) in [6.45, 7) is -0.570. The number of aliphatic hydroxyl groups excluding tert-OH is 1. The van der Waals surface area contributed by atoms with E-state index in [2.05, 4.69) is 20.9 Å². The number of carboxylic acid groups (broad SMARTS) is 1. The molecule has 0 bridgehead atoms. The quantitative estimate of drug-likeness (QED) is 0.133. The van der Waals surface area contributed by atoms with Crippen LogP contribution in [0.5, 0.6) is 11.5 Å². The standard InChI is InChI=1S/C32H28Cl2N4O7/c1-35-31(40)22-9-8-21(19-5-3-2-4-6-19)30(34)23(22)17-44-29-13-28(20(12-24(29)33)14-36-27(15-39)32(41)42)43-16-18-7-10-25-26(11-18)38-45-37-25/h2-13,27,36,39H,14-17H2,1H3,(H,35,40)(H,41,42). The number of fused-ring (bicyclic) bond motifs is 1. The first kappa shape index (κ1) is 31.7. The number of ether oxygens (including phenoxy) is 2. The fraction of sp³-hybridized carbons (Fsp3) is 0.188. The molecule has 1 atom stereocenters. The third-order valence-corrected chi connectivity index (χ3v) is 7.75. The Morgan fingerprint density at radius 2 is 1.69 bits per heavy atom. The molecule has 45 heavy (non-hydrogen) atoms. The highest BCUT2D eigenvalue weighted by atomic mass is 35.5. The maximum Gasteiger partial charge on any atom is 0.323 e. The minimum Gasteiger partial charge on any atom is -0.488 e. The Labute approximate surface area is 267 Å². The number of benzene rings is 4. The van der Waals surface area contributed by atoms with Gasteiger partial charge in [-0.3, -0.25) is 14.9 Å². The number of aliphatic carboxylic acids is 1. The first-order valence-corrected chi connectivity index (χ1v) is 14.5. The first-order valence-electron chi connectivity index (χ1n) is 13.7. The van der Waals surface area contributed by atoms with E-state index < -0.39 is 18.6 Å². The number of hydrogen-bond donors (Lipinski definition) is 4. The van der Waals surface area contributed by atoms with Gasteiger partial charge in [-0.05, 0) is 45.7 Å². The van der Waals surface area contributed by atoms with Crippen LogP contribution in [0.15, 0.2) is 77.4 Å². The number of nitrogens with one attached hydrogen (secondary N) is 2. The zero-order chi connectivity index (χ0) is 31.9. The van der Waals surface area contributed by atoms with Gasteiger partial charge in [-0.1, -0.05) is 65.7 Å². The van der Waals surface area contributed by atoms with Gasteiger partial charge in [0, 0.05) is 41.9 Å². The molecule has 232 valence electrons. The van der Waals surface area contributed by atoms with Crippen LogP contribution in [-0.2, 0) is 24.6 Å². The van der Waals surface area contributed by atoms with E-state index in [1.54, 1.807) is 36.4 Å². The maximum atomic E-state index is 12.7. The summed E-state index contributed by atoms with van der Waals surface area (Å²) in [5.41, 5.74) is 4.86. The Kier molecular flexibility index (Phi) is 10.2. The molecule has 5 aromatic rings. The van der Waals surface area contributed by atoms with E-state index in [9.17, 15) is 19.8 Å². The lowest BCUT2D eigenvalue weighted by Crippen LogP contribution is -2.39. The molecule has 4 aromatic carbocycles. The number of carboxylic acids is 1. The summed E-state index contributed by atoms with van der Waals surface area (Å²) in [6, 6.07) is 20.3. The molecule has 13 heteroatoms. The molecule has 0 spiro atoms. The van der Waals surface area contributed by atoms with E-state index in [1.807, 2.05) is 36.4 Å². The molecule has 11 nitrogen and oxygen atoms in total. The Balaban J connectivity index is 1.45. The average molecular weight is 652 g/mol. The summed E-state index contributed by atoms with van der Waals surface area (Å²) >= 11 is 13.5. The number of carbonyl (C=O) groups excluding carboxylic acids is 1. The van der Waals surface area contributed by atoms with Crippen LogP contribution >= 0.6 is 23.2 Å². The summed E-state index contributed by atoms with van der Waals surface area (Å²) in [7, 11) is 1.53. The highest BCUT2D eigenvalue weighted by Gasteiger charge is 2.21. The van der Waals surface area contributed by atoms with Crippen LogP contribution in [0.25, 0.3) is 22.2 Å². The molecule has 1 heterocycles. The van der Waals surface area contributed by atoms with Gasteiger partial charge in [0.15, 0.2) is 0 Å². The molecule has 0 aliphatic carbocycles. The summed E-state index contributed by atoms with van der Waals surface area (Å²) in [6.07, 6.45) is 0. The predicted molar refractivity (Wildman–Crippen MR) is 168 cm³/mol. The zero-order valence-corrected chi connectivity index (χ0v) is 25.4. The SMILES string of the molecule is CNC(=O)c1ccc(-c2ccccc2)c(Cl)c1COc1cc(OCc2ccc3nonc3c2)c(CNC(CO)C(=O)O)cc1Cl. The lowest BCUT2D eigenvalue weighted by Gasteiger charge is -2.19. The molecule has 0 saturated carbocycles. The summed E-state index contributed by atoms with van der Waals surface area (Å²) in [4.78, 5) is 24.2. The second kappa shape index (κ2) is 14.4. The van der Waals surface area contributed by atoms with Crippen molar-refractivity contribution < 1.29 is 33.9 Å². The number of amides is 1. The van der Waals surface area contributed by atoms with Crippen molar-refractivity contribution in [1.82, 2.24) is 20.9 Å². The highest BCUT2D eigenvalue weighted by Crippen LogP contribution is 2.37. The van der Waals surface area contributed by atoms with Crippen molar-refractivity contribution in [2.45, 2.75) is 25.8 Å². The fourth-order valence-corrected chi connectivity index (χ4v) is 5.17. The van der Waals surface area contributed by atoms with Crippen LogP contribution in [0.1, 0.15) is 27.0 Å². The van der Waals surface area contributed by atoms with Gasteiger partial charge in [0.2, 0.25) is 0 Å². The van der Waals surface area contributed by atoms with E-state index in [0.717, 1.165) is 16.7 Å². The third kappa shape index (κ3) is 7.35. The van der Waals surface area contributed by atoms with E-state index in [4.69, 9.17) is 37.3 Å². The van der Waals surface area contributed by atoms with Gasteiger partial charge in [-0.15, -0.1) is 0 Å². The molecule has 0 aliphatic rings. The lowest BCUT2D eigenvalue weighted by atomic mass is 9.98. The van der Waals surface area contributed by atoms with Gasteiger partial charge in [-0.25, -0.2) is 4.63 Å². The Morgan fingerprint density at radius 1 is 0.933 bits per heavy atom. The van der Waals surface area contributed by atoms with Crippen LogP contribution in [0.3, 0.4) is 0 Å². The predicted octanol–water partition coefficient (Wildman–Crippen LogP) is 5.25. The zero-order valence-electron chi connectivity index (χ0n) is 23.9. The van der Waals surface area contributed by atoms with Crippen molar-refractivity contribution in [2.24, 2.45) is 0 Å². The van der Waals surface area contributed by atoms with E-state index in [-0.39, 0.29) is 36.4 Å². The van der Waals surface area contributed by atoms with Crippen molar-refractivity contribution in [2.75, 3.05) is 13.7 Å². The van der Waals surface area contributed by atoms with Gasteiger partial charge in [0.05, 0.1) is 16.7 Å². The van der Waals surface area contributed by atoms with Crippen molar-refractivity contribution in [3.63, 3.8) is 0 Å². The molecule has 1 amide bonds. The van der Waals surface area contributed by atoms with Crippen LogP contribution in [0.4, 0.5) is 0 Å². The van der Waals surface area contributed by atoms with E-state index in [1.165, 1.54) is 7.05 Å². The molecule has 0 aliphatic heterocycles. The molecule has 0 radical (unpaired) electrons. The highest BCUT2D eigenvalue weighted by molar-refractivity contribution is 6.34. The molecule has 1 unspecified atom stereocenters. The molecule has 0 fully saturated rings. The number of carbonyl (C=O) groups is 2. The number of halogens is 2. The topological polar surface area (TPSA) is 156 Å². The van der Waals surface area contributed by atoms with Crippen LogP contribution in [0, 0.1) is 0 Å².